The Morgan fingerprint density at radius 3 is 2.50 bits per heavy atom. The van der Waals surface area contributed by atoms with E-state index < -0.39 is 0 Å². The maximum absolute atomic E-state index is 3.66. The van der Waals surface area contributed by atoms with Crippen LogP contribution in [-0.4, -0.2) is 24.5 Å². The highest BCUT2D eigenvalue weighted by Crippen LogP contribution is 2.02. The van der Waals surface area contributed by atoms with Crippen LogP contribution < -0.4 is 0 Å². The number of nitrogens with zero attached hydrogens (tertiary/aromatic N) is 1. The summed E-state index contributed by atoms with van der Waals surface area (Å²) in [6.45, 7) is 14.0. The van der Waals surface area contributed by atoms with E-state index in [1.54, 1.807) is 0 Å². The largest absolute Gasteiger partial charge is 0.303 e. The van der Waals surface area contributed by atoms with Crippen molar-refractivity contribution < 1.29 is 0 Å². The molecule has 0 aliphatic rings. The van der Waals surface area contributed by atoms with Gasteiger partial charge >= 0.3 is 0 Å². The quantitative estimate of drug-likeness (QED) is 0.536. The van der Waals surface area contributed by atoms with Crippen LogP contribution in [0.25, 0.3) is 0 Å². The first-order valence-electron chi connectivity index (χ1n) is 5.70. The van der Waals surface area contributed by atoms with Gasteiger partial charge in [-0.15, -0.1) is 0 Å². The smallest absolute Gasteiger partial charge is 0.00159 e. The van der Waals surface area contributed by atoms with Crippen LogP contribution >= 0.6 is 0 Å². The maximum Gasteiger partial charge on any atom is 0.00159 e. The molecule has 14 heavy (non-hydrogen) atoms. The first-order chi connectivity index (χ1) is 6.70. The van der Waals surface area contributed by atoms with Crippen molar-refractivity contribution in [3.8, 4) is 0 Å². The van der Waals surface area contributed by atoms with Gasteiger partial charge in [0.05, 0.1) is 0 Å². The average molecular weight is 195 g/mol. The Hall–Kier alpha value is -0.560. The molecule has 0 bridgehead atoms. The van der Waals surface area contributed by atoms with E-state index in [2.05, 4.69) is 38.3 Å². The van der Waals surface area contributed by atoms with Crippen LogP contribution in [0.1, 0.15) is 33.6 Å². The molecule has 0 spiro atoms. The molecule has 82 valence electrons. The van der Waals surface area contributed by atoms with Crippen molar-refractivity contribution in [2.75, 3.05) is 19.6 Å². The summed E-state index contributed by atoms with van der Waals surface area (Å²) < 4.78 is 0. The van der Waals surface area contributed by atoms with Crippen molar-refractivity contribution in [3.63, 3.8) is 0 Å². The Morgan fingerprint density at radius 1 is 1.29 bits per heavy atom. The summed E-state index contributed by atoms with van der Waals surface area (Å²) in [5.41, 5.74) is 0. The molecule has 0 fully saturated rings. The lowest BCUT2D eigenvalue weighted by molar-refractivity contribution is 0.275. The molecule has 0 saturated carbocycles. The molecule has 0 aromatic carbocycles. The van der Waals surface area contributed by atoms with Crippen molar-refractivity contribution >= 4 is 0 Å². The second kappa shape index (κ2) is 9.01. The monoisotopic (exact) mass is 195 g/mol. The van der Waals surface area contributed by atoms with E-state index in [0.717, 1.165) is 18.9 Å². The van der Waals surface area contributed by atoms with Crippen molar-refractivity contribution in [2.45, 2.75) is 33.6 Å². The summed E-state index contributed by atoms with van der Waals surface area (Å²) in [6, 6.07) is 0. The zero-order valence-electron chi connectivity index (χ0n) is 10.00. The number of hydrogen-bond donors (Lipinski definition) is 0. The summed E-state index contributed by atoms with van der Waals surface area (Å²) in [5.74, 6) is 0.813. The van der Waals surface area contributed by atoms with E-state index in [1.165, 1.54) is 19.5 Å². The minimum absolute atomic E-state index is 0.813. The van der Waals surface area contributed by atoms with Crippen LogP contribution in [0.15, 0.2) is 24.8 Å². The normalized spacial score (nSPS) is 11.8. The van der Waals surface area contributed by atoms with Gasteiger partial charge in [-0.05, 0) is 31.8 Å². The van der Waals surface area contributed by atoms with Gasteiger partial charge in [-0.25, -0.2) is 0 Å². The summed E-state index contributed by atoms with van der Waals surface area (Å²) in [4.78, 5) is 2.51. The van der Waals surface area contributed by atoms with E-state index in [0.29, 0.717) is 0 Å². The van der Waals surface area contributed by atoms with Gasteiger partial charge in [0, 0.05) is 6.54 Å². The lowest BCUT2D eigenvalue weighted by atomic mass is 10.1. The third-order valence-electron chi connectivity index (χ3n) is 2.35. The molecule has 0 unspecified atom stereocenters. The molecule has 0 aliphatic carbocycles. The second-order valence-electron chi connectivity index (χ2n) is 4.07. The fourth-order valence-electron chi connectivity index (χ4n) is 1.32. The van der Waals surface area contributed by atoms with Crippen LogP contribution in [0.2, 0.25) is 0 Å². The molecule has 0 aromatic heterocycles. The zero-order chi connectivity index (χ0) is 10.8. The van der Waals surface area contributed by atoms with Gasteiger partial charge in [0.15, 0.2) is 0 Å². The lowest BCUT2D eigenvalue weighted by Gasteiger charge is -2.20. The highest BCUT2D eigenvalue weighted by Gasteiger charge is 2.01. The Labute approximate surface area is 89.5 Å². The van der Waals surface area contributed by atoms with Crippen molar-refractivity contribution in [2.24, 2.45) is 5.92 Å². The third kappa shape index (κ3) is 8.06. The number of allylic oxidation sites excluding steroid dienone is 2. The Morgan fingerprint density at radius 2 is 2.00 bits per heavy atom. The predicted octanol–water partition coefficient (Wildman–Crippen LogP) is 3.49. The Kier molecular flexibility index (Phi) is 8.65. The van der Waals surface area contributed by atoms with Gasteiger partial charge in [-0.1, -0.05) is 45.6 Å². The average Bonchev–Trinajstić information content (AvgIpc) is 2.16. The molecule has 0 amide bonds. The number of hydrogen-bond acceptors (Lipinski definition) is 1. The van der Waals surface area contributed by atoms with Gasteiger partial charge in [0.1, 0.15) is 0 Å². The summed E-state index contributed by atoms with van der Waals surface area (Å²) in [5, 5.41) is 0. The van der Waals surface area contributed by atoms with E-state index >= 15 is 0 Å². The Bertz CT molecular complexity index is 159. The minimum Gasteiger partial charge on any atom is -0.303 e. The molecule has 1 nitrogen and oxygen atoms in total. The maximum atomic E-state index is 3.66. The summed E-state index contributed by atoms with van der Waals surface area (Å²) in [6.07, 6.45) is 8.49. The van der Waals surface area contributed by atoms with Gasteiger partial charge in [-0.3, -0.25) is 0 Å². The molecule has 0 N–H and O–H groups in total. The highest BCUT2D eigenvalue weighted by atomic mass is 15.1. The third-order valence-corrected chi connectivity index (χ3v) is 2.35. The molecule has 0 aliphatic heterocycles. The molecule has 0 aromatic rings. The molecule has 0 saturated heterocycles. The van der Waals surface area contributed by atoms with Gasteiger partial charge in [-0.2, -0.15) is 0 Å². The molecule has 0 rings (SSSR count). The van der Waals surface area contributed by atoms with Crippen molar-refractivity contribution in [1.29, 1.82) is 0 Å². The molecule has 0 heterocycles. The Balaban J connectivity index is 3.57. The van der Waals surface area contributed by atoms with Gasteiger partial charge in [0.25, 0.3) is 0 Å². The lowest BCUT2D eigenvalue weighted by Crippen LogP contribution is -2.26. The fourth-order valence-corrected chi connectivity index (χ4v) is 1.32. The van der Waals surface area contributed by atoms with Crippen LogP contribution in [-0.2, 0) is 0 Å². The summed E-state index contributed by atoms with van der Waals surface area (Å²) in [7, 11) is 0. The number of rotatable bonds is 8. The molecule has 0 atom stereocenters. The van der Waals surface area contributed by atoms with E-state index in [1.807, 2.05) is 12.2 Å². The van der Waals surface area contributed by atoms with E-state index in [4.69, 9.17) is 0 Å². The zero-order valence-corrected chi connectivity index (χ0v) is 10.00. The van der Waals surface area contributed by atoms with E-state index in [-0.39, 0.29) is 0 Å². The molecule has 0 radical (unpaired) electrons. The van der Waals surface area contributed by atoms with Crippen molar-refractivity contribution in [1.82, 2.24) is 4.90 Å². The first kappa shape index (κ1) is 13.4. The first-order valence-corrected chi connectivity index (χ1v) is 5.70. The SMILES string of the molecule is C=C/C=C\CCN(CC)CCC(C)C. The van der Waals surface area contributed by atoms with Crippen LogP contribution in [0.3, 0.4) is 0 Å². The topological polar surface area (TPSA) is 3.24 Å². The van der Waals surface area contributed by atoms with Gasteiger partial charge in [0.2, 0.25) is 0 Å². The molecular formula is C13H25N. The van der Waals surface area contributed by atoms with Crippen LogP contribution in [0.5, 0.6) is 0 Å². The standard InChI is InChI=1S/C13H25N/c1-5-7-8-9-11-14(6-2)12-10-13(3)4/h5,7-8,13H,1,6,9-12H2,2-4H3/b8-7-. The summed E-state index contributed by atoms with van der Waals surface area (Å²) >= 11 is 0. The molecular weight excluding hydrogens is 170 g/mol. The minimum atomic E-state index is 0.813. The fraction of sp³-hybridized carbons (Fsp3) is 0.692. The van der Waals surface area contributed by atoms with Crippen molar-refractivity contribution in [3.05, 3.63) is 24.8 Å². The second-order valence-corrected chi connectivity index (χ2v) is 4.07. The van der Waals surface area contributed by atoms with Crippen LogP contribution in [0, 0.1) is 5.92 Å². The predicted molar refractivity (Wildman–Crippen MR) is 65.5 cm³/mol. The van der Waals surface area contributed by atoms with Crippen LogP contribution in [0.4, 0.5) is 0 Å². The molecule has 1 heteroatoms. The van der Waals surface area contributed by atoms with Gasteiger partial charge < -0.3 is 4.90 Å². The highest BCUT2D eigenvalue weighted by molar-refractivity contribution is 4.97. The van der Waals surface area contributed by atoms with E-state index in [9.17, 15) is 0 Å².